The standard InChI is InChI=1S/C18H13ClIN3O3S/c1-26-14-6-5-11(19)9-13(14)16-21-18(23-22-16)27-15(17(24)25)8-10-3-2-4-12(20)7-10/h2-9H,1H3,(H,24,25)(H,21,22,23)/b15-8-. The van der Waals surface area contributed by atoms with E-state index < -0.39 is 5.97 Å². The molecular weight excluding hydrogens is 501 g/mol. The molecule has 0 aliphatic carbocycles. The minimum atomic E-state index is -1.05. The molecule has 9 heteroatoms. The van der Waals surface area contributed by atoms with E-state index in [1.54, 1.807) is 31.4 Å². The van der Waals surface area contributed by atoms with Crippen LogP contribution in [0, 0.1) is 3.57 Å². The van der Waals surface area contributed by atoms with E-state index in [4.69, 9.17) is 16.3 Å². The van der Waals surface area contributed by atoms with E-state index in [1.807, 2.05) is 24.3 Å². The van der Waals surface area contributed by atoms with Gasteiger partial charge in [-0.3, -0.25) is 5.10 Å². The van der Waals surface area contributed by atoms with Crippen LogP contribution in [0.2, 0.25) is 5.02 Å². The zero-order valence-electron chi connectivity index (χ0n) is 13.9. The number of thioether (sulfide) groups is 1. The molecule has 0 fully saturated rings. The van der Waals surface area contributed by atoms with Crippen LogP contribution >= 0.6 is 46.0 Å². The number of H-pyrrole nitrogens is 1. The number of ether oxygens (including phenoxy) is 1. The second-order valence-electron chi connectivity index (χ2n) is 5.28. The first-order chi connectivity index (χ1) is 13.0. The molecule has 0 spiro atoms. The van der Waals surface area contributed by atoms with Gasteiger partial charge in [-0.15, -0.1) is 5.10 Å². The fraction of sp³-hybridized carbons (Fsp3) is 0.0556. The summed E-state index contributed by atoms with van der Waals surface area (Å²) in [5.74, 6) is -0.0265. The van der Waals surface area contributed by atoms with Crippen molar-refractivity contribution < 1.29 is 14.6 Å². The van der Waals surface area contributed by atoms with Crippen molar-refractivity contribution in [2.24, 2.45) is 0 Å². The highest BCUT2D eigenvalue weighted by Crippen LogP contribution is 2.32. The third-order valence-electron chi connectivity index (χ3n) is 3.44. The Bertz CT molecular complexity index is 1020. The molecule has 138 valence electrons. The first kappa shape index (κ1) is 19.7. The number of benzene rings is 2. The Hall–Kier alpha value is -2.04. The summed E-state index contributed by atoms with van der Waals surface area (Å²) in [5, 5.41) is 17.2. The minimum Gasteiger partial charge on any atom is -0.496 e. The molecule has 2 aromatic carbocycles. The van der Waals surface area contributed by atoms with Gasteiger partial charge in [0, 0.05) is 8.59 Å². The Kier molecular flexibility index (Phi) is 6.40. The van der Waals surface area contributed by atoms with Crippen molar-refractivity contribution in [1.29, 1.82) is 0 Å². The number of carbonyl (C=O) groups is 1. The molecular formula is C18H13ClIN3O3S. The summed E-state index contributed by atoms with van der Waals surface area (Å²) in [6, 6.07) is 12.7. The van der Waals surface area contributed by atoms with Gasteiger partial charge in [-0.1, -0.05) is 23.7 Å². The fourth-order valence-corrected chi connectivity index (χ4v) is 3.71. The average Bonchev–Trinajstić information content (AvgIpc) is 3.09. The van der Waals surface area contributed by atoms with Crippen molar-refractivity contribution in [3.8, 4) is 17.1 Å². The number of nitrogens with zero attached hydrogens (tertiary/aromatic N) is 2. The Morgan fingerprint density at radius 1 is 1.33 bits per heavy atom. The van der Waals surface area contributed by atoms with E-state index in [2.05, 4.69) is 37.8 Å². The molecule has 27 heavy (non-hydrogen) atoms. The number of carboxylic acid groups (broad SMARTS) is 1. The lowest BCUT2D eigenvalue weighted by Crippen LogP contribution is -1.97. The molecule has 0 aliphatic rings. The molecule has 0 amide bonds. The maximum absolute atomic E-state index is 11.6. The van der Waals surface area contributed by atoms with Gasteiger partial charge in [0.05, 0.1) is 12.7 Å². The Labute approximate surface area is 178 Å². The first-order valence-corrected chi connectivity index (χ1v) is 9.88. The Morgan fingerprint density at radius 3 is 2.85 bits per heavy atom. The maximum atomic E-state index is 11.6. The van der Waals surface area contributed by atoms with E-state index >= 15 is 0 Å². The summed E-state index contributed by atoms with van der Waals surface area (Å²) in [7, 11) is 1.55. The minimum absolute atomic E-state index is 0.112. The summed E-state index contributed by atoms with van der Waals surface area (Å²) in [5.41, 5.74) is 1.43. The molecule has 0 atom stereocenters. The lowest BCUT2D eigenvalue weighted by Gasteiger charge is -2.05. The molecule has 3 rings (SSSR count). The fourth-order valence-electron chi connectivity index (χ4n) is 2.26. The van der Waals surface area contributed by atoms with Crippen molar-refractivity contribution in [2.75, 3.05) is 7.11 Å². The van der Waals surface area contributed by atoms with E-state index in [-0.39, 0.29) is 10.1 Å². The van der Waals surface area contributed by atoms with Crippen LogP contribution in [-0.4, -0.2) is 33.4 Å². The van der Waals surface area contributed by atoms with Crippen molar-refractivity contribution in [1.82, 2.24) is 15.2 Å². The molecule has 0 unspecified atom stereocenters. The highest BCUT2D eigenvalue weighted by atomic mass is 127. The maximum Gasteiger partial charge on any atom is 0.342 e. The highest BCUT2D eigenvalue weighted by molar-refractivity contribution is 14.1. The molecule has 0 saturated heterocycles. The average molecular weight is 514 g/mol. The zero-order valence-corrected chi connectivity index (χ0v) is 17.7. The van der Waals surface area contributed by atoms with Crippen molar-refractivity contribution in [3.05, 3.63) is 61.5 Å². The molecule has 1 heterocycles. The molecule has 3 aromatic rings. The highest BCUT2D eigenvalue weighted by Gasteiger charge is 2.16. The summed E-state index contributed by atoms with van der Waals surface area (Å²) >= 11 is 9.19. The third kappa shape index (κ3) is 5.02. The lowest BCUT2D eigenvalue weighted by molar-refractivity contribution is -0.131. The molecule has 0 radical (unpaired) electrons. The quantitative estimate of drug-likeness (QED) is 0.275. The van der Waals surface area contributed by atoms with Gasteiger partial charge in [-0.25, -0.2) is 9.78 Å². The largest absolute Gasteiger partial charge is 0.496 e. The number of hydrogen-bond donors (Lipinski definition) is 2. The number of halogens is 2. The summed E-state index contributed by atoms with van der Waals surface area (Å²) < 4.78 is 6.33. The predicted octanol–water partition coefficient (Wildman–Crippen LogP) is 4.96. The van der Waals surface area contributed by atoms with Crippen LogP contribution in [0.15, 0.2) is 52.5 Å². The summed E-state index contributed by atoms with van der Waals surface area (Å²) in [6.45, 7) is 0. The smallest absolute Gasteiger partial charge is 0.342 e. The van der Waals surface area contributed by atoms with Crippen LogP contribution in [0.4, 0.5) is 0 Å². The SMILES string of the molecule is COc1ccc(Cl)cc1-c1nc(S/C(=C\c2cccc(I)c2)C(=O)O)n[nH]1. The Balaban J connectivity index is 1.89. The second-order valence-corrected chi connectivity index (χ2v) is 7.97. The van der Waals surface area contributed by atoms with Gasteiger partial charge in [-0.05, 0) is 76.3 Å². The van der Waals surface area contributed by atoms with E-state index in [9.17, 15) is 9.90 Å². The van der Waals surface area contributed by atoms with Gasteiger partial charge in [0.15, 0.2) is 5.82 Å². The van der Waals surface area contributed by atoms with Crippen LogP contribution in [0.25, 0.3) is 17.5 Å². The van der Waals surface area contributed by atoms with Gasteiger partial charge in [0.1, 0.15) is 10.7 Å². The number of aliphatic carboxylic acids is 1. The monoisotopic (exact) mass is 513 g/mol. The van der Waals surface area contributed by atoms with Crippen LogP contribution in [0.5, 0.6) is 5.75 Å². The van der Waals surface area contributed by atoms with Crippen LogP contribution < -0.4 is 4.74 Å². The third-order valence-corrected chi connectivity index (χ3v) is 5.22. The number of hydrogen-bond acceptors (Lipinski definition) is 5. The number of carboxylic acids is 1. The summed E-state index contributed by atoms with van der Waals surface area (Å²) in [6.07, 6.45) is 1.59. The zero-order chi connectivity index (χ0) is 19.4. The number of rotatable bonds is 6. The summed E-state index contributed by atoms with van der Waals surface area (Å²) in [4.78, 5) is 16.1. The van der Waals surface area contributed by atoms with Gasteiger partial charge in [0.25, 0.3) is 0 Å². The van der Waals surface area contributed by atoms with Gasteiger partial charge < -0.3 is 9.84 Å². The van der Waals surface area contributed by atoms with Crippen molar-refractivity contribution in [3.63, 3.8) is 0 Å². The molecule has 0 bridgehead atoms. The van der Waals surface area contributed by atoms with Gasteiger partial charge in [0.2, 0.25) is 5.16 Å². The number of methoxy groups -OCH3 is 1. The van der Waals surface area contributed by atoms with E-state index in [0.717, 1.165) is 20.9 Å². The topological polar surface area (TPSA) is 88.1 Å². The van der Waals surface area contributed by atoms with E-state index in [1.165, 1.54) is 0 Å². The van der Waals surface area contributed by atoms with Gasteiger partial charge in [-0.2, -0.15) is 0 Å². The lowest BCUT2D eigenvalue weighted by atomic mass is 10.2. The molecule has 0 saturated carbocycles. The normalized spacial score (nSPS) is 11.4. The number of aromatic amines is 1. The van der Waals surface area contributed by atoms with Crippen molar-refractivity contribution in [2.45, 2.75) is 5.16 Å². The number of aromatic nitrogens is 3. The van der Waals surface area contributed by atoms with Crippen LogP contribution in [-0.2, 0) is 4.79 Å². The molecule has 2 N–H and O–H groups in total. The van der Waals surface area contributed by atoms with E-state index in [0.29, 0.717) is 22.2 Å². The molecule has 6 nitrogen and oxygen atoms in total. The van der Waals surface area contributed by atoms with Crippen LogP contribution in [0.1, 0.15) is 5.56 Å². The first-order valence-electron chi connectivity index (χ1n) is 7.61. The van der Waals surface area contributed by atoms with Crippen LogP contribution in [0.3, 0.4) is 0 Å². The molecule has 0 aliphatic heterocycles. The second kappa shape index (κ2) is 8.77. The van der Waals surface area contributed by atoms with Crippen molar-refractivity contribution >= 4 is 58.0 Å². The number of nitrogens with one attached hydrogen (secondary N) is 1. The molecule has 1 aromatic heterocycles. The predicted molar refractivity (Wildman–Crippen MR) is 114 cm³/mol. The Morgan fingerprint density at radius 2 is 2.15 bits per heavy atom. The van der Waals surface area contributed by atoms with Gasteiger partial charge >= 0.3 is 5.97 Å².